The van der Waals surface area contributed by atoms with Crippen molar-refractivity contribution in [2.45, 2.75) is 6.92 Å². The van der Waals surface area contributed by atoms with Crippen molar-refractivity contribution in [2.75, 3.05) is 0 Å². The zero-order chi connectivity index (χ0) is 11.1. The molecular weight excluding hydrogens is 198 g/mol. The van der Waals surface area contributed by atoms with Gasteiger partial charge in [0.25, 0.3) is 0 Å². The lowest BCUT2D eigenvalue weighted by atomic mass is 10.4. The van der Waals surface area contributed by atoms with Crippen molar-refractivity contribution in [2.24, 2.45) is 0 Å². The summed E-state index contributed by atoms with van der Waals surface area (Å²) in [7, 11) is 0. The van der Waals surface area contributed by atoms with Crippen LogP contribution in [0.1, 0.15) is 16.2 Å². The van der Waals surface area contributed by atoms with Crippen molar-refractivity contribution in [1.29, 1.82) is 0 Å². The molecule has 0 aliphatic heterocycles. The maximum absolute atomic E-state index is 10.1. The number of aromatic carboxylic acids is 1. The van der Waals surface area contributed by atoms with Gasteiger partial charge < -0.3 is 9.63 Å². The number of carboxylic acids is 1. The van der Waals surface area contributed by atoms with E-state index in [1.165, 1.54) is 6.07 Å². The lowest BCUT2D eigenvalue weighted by molar-refractivity contribution is 0.0685. The van der Waals surface area contributed by atoms with Gasteiger partial charge >= 0.3 is 5.97 Å². The Bertz CT molecular complexity index is 387. The average molecular weight is 207 g/mol. The van der Waals surface area contributed by atoms with Gasteiger partial charge in [0.1, 0.15) is 5.76 Å². The van der Waals surface area contributed by atoms with Gasteiger partial charge in [0, 0.05) is 18.5 Å². The lowest BCUT2D eigenvalue weighted by Gasteiger charge is -1.75. The van der Waals surface area contributed by atoms with Crippen molar-refractivity contribution >= 4 is 5.97 Å². The fourth-order valence-electron chi connectivity index (χ4n) is 0.721. The highest BCUT2D eigenvalue weighted by Gasteiger charge is 2.06. The molecule has 0 atom stereocenters. The van der Waals surface area contributed by atoms with Crippen LogP contribution in [-0.2, 0) is 0 Å². The van der Waals surface area contributed by atoms with Gasteiger partial charge in [-0.25, -0.2) is 4.79 Å². The molecule has 0 fully saturated rings. The largest absolute Gasteiger partial charge is 0.476 e. The molecule has 0 spiro atoms. The number of hydrogen-bond acceptors (Lipinski definition) is 5. The number of carboxylic acid groups (broad SMARTS) is 1. The fraction of sp³-hybridized carbons (Fsp3) is 0.111. The van der Waals surface area contributed by atoms with Crippen LogP contribution in [0.5, 0.6) is 0 Å². The van der Waals surface area contributed by atoms with Crippen molar-refractivity contribution in [3.05, 3.63) is 42.0 Å². The maximum atomic E-state index is 10.1. The molecule has 2 aromatic heterocycles. The first-order valence-electron chi connectivity index (χ1n) is 4.08. The minimum absolute atomic E-state index is 0.0486. The van der Waals surface area contributed by atoms with E-state index < -0.39 is 5.97 Å². The number of carbonyl (C=O) groups is 1. The molecule has 2 heterocycles. The van der Waals surface area contributed by atoms with E-state index in [0.29, 0.717) is 5.76 Å². The molecule has 0 bridgehead atoms. The highest BCUT2D eigenvalue weighted by atomic mass is 16.5. The van der Waals surface area contributed by atoms with E-state index in [4.69, 9.17) is 5.11 Å². The molecule has 0 amide bonds. The van der Waals surface area contributed by atoms with Crippen LogP contribution >= 0.6 is 0 Å². The van der Waals surface area contributed by atoms with Crippen LogP contribution in [0.2, 0.25) is 0 Å². The zero-order valence-electron chi connectivity index (χ0n) is 7.99. The average Bonchev–Trinajstić information content (AvgIpc) is 2.69. The van der Waals surface area contributed by atoms with Gasteiger partial charge in [0.05, 0.1) is 0 Å². The first kappa shape index (κ1) is 10.8. The van der Waals surface area contributed by atoms with Crippen molar-refractivity contribution in [3.63, 3.8) is 0 Å². The minimum Gasteiger partial charge on any atom is -0.476 e. The summed E-state index contributed by atoms with van der Waals surface area (Å²) >= 11 is 0. The first-order chi connectivity index (χ1) is 7.20. The summed E-state index contributed by atoms with van der Waals surface area (Å²) in [6, 6.07) is 5.02. The molecule has 1 N–H and O–H groups in total. The number of hydrogen-bond donors (Lipinski definition) is 1. The van der Waals surface area contributed by atoms with E-state index in [0.717, 1.165) is 0 Å². The molecule has 0 saturated carbocycles. The van der Waals surface area contributed by atoms with Gasteiger partial charge in [-0.2, -0.15) is 10.2 Å². The van der Waals surface area contributed by atoms with Crippen molar-refractivity contribution in [1.82, 2.24) is 15.4 Å². The van der Waals surface area contributed by atoms with Crippen LogP contribution in [0.15, 0.2) is 35.1 Å². The van der Waals surface area contributed by atoms with Crippen LogP contribution in [0, 0.1) is 6.92 Å². The normalized spacial score (nSPS) is 8.87. The Hall–Kier alpha value is -2.24. The molecule has 15 heavy (non-hydrogen) atoms. The van der Waals surface area contributed by atoms with Gasteiger partial charge in [-0.05, 0) is 19.1 Å². The van der Waals surface area contributed by atoms with E-state index in [1.54, 1.807) is 19.3 Å². The summed E-state index contributed by atoms with van der Waals surface area (Å²) in [5.74, 6) is -0.556. The molecule has 0 radical (unpaired) electrons. The predicted molar refractivity (Wildman–Crippen MR) is 50.2 cm³/mol. The Morgan fingerprint density at radius 3 is 2.13 bits per heavy atom. The SMILES string of the molecule is Cc1cc(C(=O)O)no1.c1ccnnc1. The van der Waals surface area contributed by atoms with Crippen LogP contribution in [0.3, 0.4) is 0 Å². The molecular formula is C9H9N3O3. The van der Waals surface area contributed by atoms with Crippen molar-refractivity contribution in [3.8, 4) is 0 Å². The highest BCUT2D eigenvalue weighted by molar-refractivity contribution is 5.85. The molecule has 0 unspecified atom stereocenters. The highest BCUT2D eigenvalue weighted by Crippen LogP contribution is 1.99. The topological polar surface area (TPSA) is 89.1 Å². The first-order valence-corrected chi connectivity index (χ1v) is 4.08. The quantitative estimate of drug-likeness (QED) is 0.754. The Balaban J connectivity index is 0.000000162. The Morgan fingerprint density at radius 1 is 1.33 bits per heavy atom. The third-order valence-corrected chi connectivity index (χ3v) is 1.33. The Morgan fingerprint density at radius 2 is 1.93 bits per heavy atom. The summed E-state index contributed by atoms with van der Waals surface area (Å²) in [5, 5.41) is 18.6. The number of aromatic nitrogens is 3. The molecule has 0 aliphatic rings. The third-order valence-electron chi connectivity index (χ3n) is 1.33. The molecule has 0 aliphatic carbocycles. The van der Waals surface area contributed by atoms with Gasteiger partial charge in [-0.3, -0.25) is 0 Å². The second kappa shape index (κ2) is 5.48. The van der Waals surface area contributed by atoms with Crippen LogP contribution < -0.4 is 0 Å². The monoisotopic (exact) mass is 207 g/mol. The molecule has 6 nitrogen and oxygen atoms in total. The van der Waals surface area contributed by atoms with Crippen LogP contribution in [-0.4, -0.2) is 26.4 Å². The molecule has 78 valence electrons. The second-order valence-electron chi connectivity index (χ2n) is 2.54. The van der Waals surface area contributed by atoms with E-state index >= 15 is 0 Å². The number of aryl methyl sites for hydroxylation is 1. The van der Waals surface area contributed by atoms with Crippen LogP contribution in [0.4, 0.5) is 0 Å². The summed E-state index contributed by atoms with van der Waals surface area (Å²) in [6.07, 6.45) is 3.28. The smallest absolute Gasteiger partial charge is 0.358 e. The summed E-state index contributed by atoms with van der Waals surface area (Å²) in [4.78, 5) is 10.1. The van der Waals surface area contributed by atoms with Gasteiger partial charge in [-0.15, -0.1) is 0 Å². The Labute approximate surface area is 85.6 Å². The molecule has 6 heteroatoms. The van der Waals surface area contributed by atoms with E-state index in [1.807, 2.05) is 12.1 Å². The zero-order valence-corrected chi connectivity index (χ0v) is 7.99. The summed E-state index contributed by atoms with van der Waals surface area (Å²) in [6.45, 7) is 1.64. The lowest BCUT2D eigenvalue weighted by Crippen LogP contribution is -1.94. The minimum atomic E-state index is -1.06. The molecule has 0 saturated heterocycles. The standard InChI is InChI=1S/C5H5NO3.C4H4N2/c1-3-2-4(5(7)8)6-9-3;1-2-4-6-5-3-1/h2H,1H3,(H,7,8);1-4H. The summed E-state index contributed by atoms with van der Waals surface area (Å²) < 4.78 is 4.49. The summed E-state index contributed by atoms with van der Waals surface area (Å²) in [5.41, 5.74) is -0.0486. The second-order valence-corrected chi connectivity index (χ2v) is 2.54. The van der Waals surface area contributed by atoms with Crippen molar-refractivity contribution < 1.29 is 14.4 Å². The predicted octanol–water partition coefficient (Wildman–Crippen LogP) is 1.16. The van der Waals surface area contributed by atoms with Gasteiger partial charge in [0.15, 0.2) is 5.69 Å². The molecule has 2 aromatic rings. The third kappa shape index (κ3) is 3.99. The number of nitrogens with zero attached hydrogens (tertiary/aromatic N) is 3. The molecule has 0 aromatic carbocycles. The molecule has 2 rings (SSSR count). The van der Waals surface area contributed by atoms with Crippen LogP contribution in [0.25, 0.3) is 0 Å². The van der Waals surface area contributed by atoms with E-state index in [-0.39, 0.29) is 5.69 Å². The maximum Gasteiger partial charge on any atom is 0.358 e. The van der Waals surface area contributed by atoms with E-state index in [2.05, 4.69) is 19.9 Å². The van der Waals surface area contributed by atoms with Gasteiger partial charge in [0.2, 0.25) is 0 Å². The Kier molecular flexibility index (Phi) is 3.96. The fourth-order valence-corrected chi connectivity index (χ4v) is 0.721. The van der Waals surface area contributed by atoms with Gasteiger partial charge in [-0.1, -0.05) is 5.16 Å². The number of rotatable bonds is 1. The van der Waals surface area contributed by atoms with E-state index in [9.17, 15) is 4.79 Å².